The Hall–Kier alpha value is -1.06. The second kappa shape index (κ2) is 7.09. The van der Waals surface area contributed by atoms with Crippen LogP contribution in [-0.2, 0) is 0 Å². The minimum absolute atomic E-state index is 0.190. The lowest BCUT2D eigenvalue weighted by atomic mass is 9.95. The molecule has 1 aromatic rings. The molecule has 0 radical (unpaired) electrons. The van der Waals surface area contributed by atoms with Crippen molar-refractivity contribution in [3.63, 3.8) is 0 Å². The summed E-state index contributed by atoms with van der Waals surface area (Å²) in [5, 5.41) is 0. The van der Waals surface area contributed by atoms with Gasteiger partial charge in [0.15, 0.2) is 0 Å². The Balaban J connectivity index is 2.24. The van der Waals surface area contributed by atoms with Gasteiger partial charge in [0.1, 0.15) is 5.75 Å². The predicted molar refractivity (Wildman–Crippen MR) is 84.0 cm³/mol. The molecule has 0 spiro atoms. The molecular formula is C17H28N2O. The molecule has 2 rings (SSSR count). The smallest absolute Gasteiger partial charge is 0.118 e. The lowest BCUT2D eigenvalue weighted by Gasteiger charge is -2.36. The zero-order valence-electron chi connectivity index (χ0n) is 13.0. The summed E-state index contributed by atoms with van der Waals surface area (Å²) in [6, 6.07) is 9.69. The third-order valence-corrected chi connectivity index (χ3v) is 4.19. The number of benzene rings is 1. The molecule has 1 fully saturated rings. The molecule has 3 nitrogen and oxygen atoms in total. The Kier molecular flexibility index (Phi) is 5.44. The van der Waals surface area contributed by atoms with E-state index >= 15 is 0 Å². The summed E-state index contributed by atoms with van der Waals surface area (Å²) in [6.07, 6.45) is 4.83. The SMILES string of the molecule is CCCN(C1CC1)C(c1ccc(OC)cc1)C(N)CC. The van der Waals surface area contributed by atoms with Crippen LogP contribution in [0.25, 0.3) is 0 Å². The van der Waals surface area contributed by atoms with Crippen LogP contribution in [0.2, 0.25) is 0 Å². The third kappa shape index (κ3) is 3.53. The quantitative estimate of drug-likeness (QED) is 0.791. The summed E-state index contributed by atoms with van der Waals surface area (Å²) in [6.45, 7) is 5.56. The first kappa shape index (κ1) is 15.3. The molecule has 1 aliphatic rings. The van der Waals surface area contributed by atoms with E-state index in [1.165, 1.54) is 24.8 Å². The highest BCUT2D eigenvalue weighted by Gasteiger charge is 2.36. The van der Waals surface area contributed by atoms with Gasteiger partial charge in [-0.15, -0.1) is 0 Å². The molecule has 0 aliphatic heterocycles. The van der Waals surface area contributed by atoms with Gasteiger partial charge in [-0.3, -0.25) is 4.90 Å². The average molecular weight is 276 g/mol. The van der Waals surface area contributed by atoms with Gasteiger partial charge in [0.05, 0.1) is 13.2 Å². The fraction of sp³-hybridized carbons (Fsp3) is 0.647. The second-order valence-corrected chi connectivity index (χ2v) is 5.76. The summed E-state index contributed by atoms with van der Waals surface area (Å²) in [7, 11) is 1.71. The second-order valence-electron chi connectivity index (χ2n) is 5.76. The molecule has 1 saturated carbocycles. The van der Waals surface area contributed by atoms with Crippen LogP contribution in [0.4, 0.5) is 0 Å². The molecular weight excluding hydrogens is 248 g/mol. The minimum atomic E-state index is 0.190. The number of ether oxygens (including phenoxy) is 1. The number of hydrogen-bond donors (Lipinski definition) is 1. The fourth-order valence-corrected chi connectivity index (χ4v) is 2.92. The van der Waals surface area contributed by atoms with Crippen molar-refractivity contribution in [2.45, 2.75) is 57.7 Å². The highest BCUT2D eigenvalue weighted by atomic mass is 16.5. The standard InChI is InChI=1S/C17H28N2O/c1-4-12-19(14-8-9-14)17(16(18)5-2)13-6-10-15(20-3)11-7-13/h6-7,10-11,14,16-17H,4-5,8-9,12,18H2,1-3H3. The first-order chi connectivity index (χ1) is 9.71. The van der Waals surface area contributed by atoms with E-state index in [1.54, 1.807) is 7.11 Å². The summed E-state index contributed by atoms with van der Waals surface area (Å²) < 4.78 is 5.26. The normalized spacial score (nSPS) is 18.1. The zero-order chi connectivity index (χ0) is 14.5. The van der Waals surface area contributed by atoms with Gasteiger partial charge in [-0.05, 0) is 49.9 Å². The van der Waals surface area contributed by atoms with Crippen molar-refractivity contribution in [2.24, 2.45) is 5.73 Å². The molecule has 2 atom stereocenters. The predicted octanol–water partition coefficient (Wildman–Crippen LogP) is 3.35. The van der Waals surface area contributed by atoms with Crippen LogP contribution in [0.1, 0.15) is 51.1 Å². The Morgan fingerprint density at radius 3 is 2.35 bits per heavy atom. The van der Waals surface area contributed by atoms with Crippen LogP contribution in [0, 0.1) is 0 Å². The number of rotatable bonds is 8. The molecule has 2 unspecified atom stereocenters. The van der Waals surface area contributed by atoms with Crippen molar-refractivity contribution in [3.8, 4) is 5.75 Å². The van der Waals surface area contributed by atoms with Crippen molar-refractivity contribution in [2.75, 3.05) is 13.7 Å². The number of hydrogen-bond acceptors (Lipinski definition) is 3. The Morgan fingerprint density at radius 2 is 1.90 bits per heavy atom. The third-order valence-electron chi connectivity index (χ3n) is 4.19. The lowest BCUT2D eigenvalue weighted by Crippen LogP contribution is -2.42. The molecule has 0 aromatic heterocycles. The Bertz CT molecular complexity index is 400. The van der Waals surface area contributed by atoms with Crippen LogP contribution in [-0.4, -0.2) is 30.6 Å². The summed E-state index contributed by atoms with van der Waals surface area (Å²) in [4.78, 5) is 2.62. The van der Waals surface area contributed by atoms with Crippen molar-refractivity contribution in [1.82, 2.24) is 4.90 Å². The van der Waals surface area contributed by atoms with E-state index in [2.05, 4.69) is 30.9 Å². The summed E-state index contributed by atoms with van der Waals surface area (Å²) in [5.41, 5.74) is 7.76. The van der Waals surface area contributed by atoms with Crippen molar-refractivity contribution >= 4 is 0 Å². The van der Waals surface area contributed by atoms with E-state index in [0.717, 1.165) is 24.8 Å². The summed E-state index contributed by atoms with van der Waals surface area (Å²) >= 11 is 0. The fourth-order valence-electron chi connectivity index (χ4n) is 2.92. The van der Waals surface area contributed by atoms with Crippen molar-refractivity contribution in [1.29, 1.82) is 0 Å². The molecule has 1 aliphatic carbocycles. The van der Waals surface area contributed by atoms with Crippen LogP contribution in [0.3, 0.4) is 0 Å². The van der Waals surface area contributed by atoms with Gasteiger partial charge < -0.3 is 10.5 Å². The highest BCUT2D eigenvalue weighted by molar-refractivity contribution is 5.30. The van der Waals surface area contributed by atoms with E-state index in [4.69, 9.17) is 10.5 Å². The molecule has 112 valence electrons. The van der Waals surface area contributed by atoms with Crippen molar-refractivity contribution in [3.05, 3.63) is 29.8 Å². The van der Waals surface area contributed by atoms with E-state index in [0.29, 0.717) is 6.04 Å². The van der Waals surface area contributed by atoms with E-state index in [-0.39, 0.29) is 6.04 Å². The highest BCUT2D eigenvalue weighted by Crippen LogP contribution is 2.36. The number of nitrogens with zero attached hydrogens (tertiary/aromatic N) is 1. The van der Waals surface area contributed by atoms with Crippen LogP contribution in [0.5, 0.6) is 5.75 Å². The van der Waals surface area contributed by atoms with Crippen LogP contribution < -0.4 is 10.5 Å². The number of methoxy groups -OCH3 is 1. The molecule has 0 heterocycles. The van der Waals surface area contributed by atoms with E-state index in [1.807, 2.05) is 12.1 Å². The Labute approximate surface area is 123 Å². The molecule has 0 bridgehead atoms. The van der Waals surface area contributed by atoms with Crippen molar-refractivity contribution < 1.29 is 4.74 Å². The molecule has 2 N–H and O–H groups in total. The van der Waals surface area contributed by atoms with E-state index < -0.39 is 0 Å². The minimum Gasteiger partial charge on any atom is -0.497 e. The molecule has 3 heteroatoms. The molecule has 0 saturated heterocycles. The molecule has 1 aromatic carbocycles. The maximum atomic E-state index is 6.44. The van der Waals surface area contributed by atoms with Gasteiger partial charge in [0.25, 0.3) is 0 Å². The topological polar surface area (TPSA) is 38.5 Å². The van der Waals surface area contributed by atoms with Gasteiger partial charge in [-0.1, -0.05) is 26.0 Å². The summed E-state index contributed by atoms with van der Waals surface area (Å²) in [5.74, 6) is 0.908. The molecule has 20 heavy (non-hydrogen) atoms. The van der Waals surface area contributed by atoms with Crippen LogP contribution >= 0.6 is 0 Å². The Morgan fingerprint density at radius 1 is 1.25 bits per heavy atom. The van der Waals surface area contributed by atoms with E-state index in [9.17, 15) is 0 Å². The molecule has 0 amide bonds. The largest absolute Gasteiger partial charge is 0.497 e. The maximum absolute atomic E-state index is 6.44. The number of nitrogens with two attached hydrogens (primary N) is 1. The zero-order valence-corrected chi connectivity index (χ0v) is 13.0. The first-order valence-corrected chi connectivity index (χ1v) is 7.86. The maximum Gasteiger partial charge on any atom is 0.118 e. The first-order valence-electron chi connectivity index (χ1n) is 7.86. The van der Waals surface area contributed by atoms with Gasteiger partial charge in [-0.2, -0.15) is 0 Å². The van der Waals surface area contributed by atoms with Gasteiger partial charge in [0.2, 0.25) is 0 Å². The van der Waals surface area contributed by atoms with Gasteiger partial charge in [0, 0.05) is 12.1 Å². The monoisotopic (exact) mass is 276 g/mol. The van der Waals surface area contributed by atoms with Gasteiger partial charge >= 0.3 is 0 Å². The van der Waals surface area contributed by atoms with Crippen LogP contribution in [0.15, 0.2) is 24.3 Å². The average Bonchev–Trinajstić information content (AvgIpc) is 3.31. The lowest BCUT2D eigenvalue weighted by molar-refractivity contribution is 0.159. The van der Waals surface area contributed by atoms with Gasteiger partial charge in [-0.25, -0.2) is 0 Å².